The van der Waals surface area contributed by atoms with E-state index in [2.05, 4.69) is 5.73 Å². The van der Waals surface area contributed by atoms with E-state index in [1.807, 2.05) is 20.8 Å². The summed E-state index contributed by atoms with van der Waals surface area (Å²) in [6.45, 7) is 9.36. The van der Waals surface area contributed by atoms with Gasteiger partial charge in [0, 0.05) is 5.41 Å². The highest BCUT2D eigenvalue weighted by Gasteiger charge is 2.25. The first-order chi connectivity index (χ1) is 7.32. The fourth-order valence-electron chi connectivity index (χ4n) is 1.02. The quantitative estimate of drug-likeness (QED) is 0.321. The minimum atomic E-state index is -0.638. The number of carbonyl (C=O) groups excluding carboxylic acids is 1. The average molecular weight is 227 g/mol. The van der Waals surface area contributed by atoms with Gasteiger partial charge in [-0.3, -0.25) is 0 Å². The Morgan fingerprint density at radius 1 is 1.12 bits per heavy atom. The second-order valence-electron chi connectivity index (χ2n) is 4.19. The van der Waals surface area contributed by atoms with Crippen LogP contribution in [0.4, 0.5) is 0 Å². The number of carbonyl (C=O) groups is 1. The molecule has 0 aliphatic heterocycles. The largest absolute Gasteiger partial charge is 0.462 e. The van der Waals surface area contributed by atoms with E-state index in [9.17, 15) is 9.90 Å². The minimum Gasteiger partial charge on any atom is -0.462 e. The molecule has 0 spiro atoms. The Morgan fingerprint density at radius 2 is 1.62 bits per heavy atom. The van der Waals surface area contributed by atoms with Crippen molar-refractivity contribution < 1.29 is 19.4 Å². The molecule has 0 aromatic rings. The molecule has 0 fully saturated rings. The van der Waals surface area contributed by atoms with E-state index in [0.29, 0.717) is 0 Å². The van der Waals surface area contributed by atoms with Crippen LogP contribution in [-0.2, 0) is 19.4 Å². The molecule has 0 heterocycles. The van der Waals surface area contributed by atoms with E-state index in [4.69, 9.17) is 9.47 Å². The molecular weight excluding hydrogens is 208 g/mol. The highest BCUT2D eigenvalue weighted by molar-refractivity contribution is 5.89. The lowest BCUT2D eigenvalue weighted by molar-refractivity contribution is -0.139. The van der Waals surface area contributed by atoms with E-state index in [0.717, 1.165) is 0 Å². The third-order valence-corrected chi connectivity index (χ3v) is 1.73. The van der Waals surface area contributed by atoms with Gasteiger partial charge in [-0.05, 0) is 19.6 Å². The van der Waals surface area contributed by atoms with E-state index in [-0.39, 0.29) is 18.8 Å². The first-order valence-electron chi connectivity index (χ1n) is 5.31. The van der Waals surface area contributed by atoms with Crippen LogP contribution >= 0.6 is 0 Å². The fourth-order valence-corrected chi connectivity index (χ4v) is 1.02. The molecule has 4 nitrogen and oxygen atoms in total. The van der Waals surface area contributed by atoms with E-state index in [1.54, 1.807) is 13.8 Å². The molecule has 0 saturated heterocycles. The van der Waals surface area contributed by atoms with Crippen LogP contribution in [-0.4, -0.2) is 19.2 Å². The Kier molecular flexibility index (Phi) is 5.68. The second-order valence-corrected chi connectivity index (χ2v) is 4.19. The van der Waals surface area contributed by atoms with Gasteiger partial charge in [-0.2, -0.15) is 0 Å². The van der Waals surface area contributed by atoms with Crippen molar-refractivity contribution in [3.63, 3.8) is 0 Å². The molecular formula is C12H19O4. The summed E-state index contributed by atoms with van der Waals surface area (Å²) in [7, 11) is 0. The summed E-state index contributed by atoms with van der Waals surface area (Å²) in [5.41, 5.74) is 2.12. The summed E-state index contributed by atoms with van der Waals surface area (Å²) < 4.78 is 9.58. The fraction of sp³-hybridized carbons (Fsp3) is 0.667. The SMILES string of the molecule is CCOC(=O)C(=C=C([O])OCC)C(C)(C)C. The molecule has 4 heteroatoms. The van der Waals surface area contributed by atoms with Crippen molar-refractivity contribution in [3.05, 3.63) is 17.2 Å². The Hall–Kier alpha value is -1.41. The molecule has 0 aliphatic carbocycles. The molecule has 0 aromatic heterocycles. The van der Waals surface area contributed by atoms with Gasteiger partial charge in [0.15, 0.2) is 0 Å². The summed E-state index contributed by atoms with van der Waals surface area (Å²) in [6, 6.07) is 0. The van der Waals surface area contributed by atoms with Crippen molar-refractivity contribution in [1.82, 2.24) is 0 Å². The lowest BCUT2D eigenvalue weighted by atomic mass is 9.87. The molecule has 0 unspecified atom stereocenters. The zero-order chi connectivity index (χ0) is 12.8. The van der Waals surface area contributed by atoms with Gasteiger partial charge in [-0.25, -0.2) is 9.90 Å². The first-order valence-corrected chi connectivity index (χ1v) is 5.31. The lowest BCUT2D eigenvalue weighted by Gasteiger charge is -2.18. The highest BCUT2D eigenvalue weighted by Crippen LogP contribution is 2.25. The molecule has 0 aliphatic rings. The van der Waals surface area contributed by atoms with Gasteiger partial charge in [0.1, 0.15) is 0 Å². The monoisotopic (exact) mass is 227 g/mol. The van der Waals surface area contributed by atoms with E-state index >= 15 is 0 Å². The maximum atomic E-state index is 11.6. The van der Waals surface area contributed by atoms with Crippen molar-refractivity contribution in [3.8, 4) is 0 Å². The molecule has 1 radical (unpaired) electrons. The maximum Gasteiger partial charge on any atom is 0.377 e. The van der Waals surface area contributed by atoms with Crippen molar-refractivity contribution in [2.75, 3.05) is 13.2 Å². The molecule has 0 rings (SSSR count). The van der Waals surface area contributed by atoms with E-state index in [1.165, 1.54) is 0 Å². The average Bonchev–Trinajstić information content (AvgIpc) is 2.13. The summed E-state index contributed by atoms with van der Waals surface area (Å²) >= 11 is 0. The Balaban J connectivity index is 5.26. The summed E-state index contributed by atoms with van der Waals surface area (Å²) in [6.07, 6.45) is 0. The predicted octanol–water partition coefficient (Wildman–Crippen LogP) is 2.43. The van der Waals surface area contributed by atoms with Crippen LogP contribution in [0.15, 0.2) is 17.2 Å². The van der Waals surface area contributed by atoms with Crippen molar-refractivity contribution in [1.29, 1.82) is 0 Å². The van der Waals surface area contributed by atoms with Gasteiger partial charge >= 0.3 is 11.9 Å². The predicted molar refractivity (Wildman–Crippen MR) is 58.9 cm³/mol. The minimum absolute atomic E-state index is 0.202. The molecule has 0 N–H and O–H groups in total. The van der Waals surface area contributed by atoms with Crippen LogP contribution in [0.25, 0.3) is 0 Å². The molecule has 16 heavy (non-hydrogen) atoms. The molecule has 0 saturated carbocycles. The zero-order valence-electron chi connectivity index (χ0n) is 10.5. The van der Waals surface area contributed by atoms with Gasteiger partial charge in [0.05, 0.1) is 18.8 Å². The van der Waals surface area contributed by atoms with Crippen LogP contribution < -0.4 is 0 Å². The third kappa shape index (κ3) is 4.89. The third-order valence-electron chi connectivity index (χ3n) is 1.73. The number of ether oxygens (including phenoxy) is 2. The summed E-state index contributed by atoms with van der Waals surface area (Å²) in [5.74, 6) is -1.16. The van der Waals surface area contributed by atoms with Crippen LogP contribution in [0.3, 0.4) is 0 Å². The van der Waals surface area contributed by atoms with Crippen molar-refractivity contribution >= 4 is 5.97 Å². The van der Waals surface area contributed by atoms with Gasteiger partial charge in [0.2, 0.25) is 0 Å². The summed E-state index contributed by atoms with van der Waals surface area (Å²) in [4.78, 5) is 11.6. The molecule has 0 atom stereocenters. The second kappa shape index (κ2) is 6.23. The number of esters is 1. The van der Waals surface area contributed by atoms with Crippen LogP contribution in [0.5, 0.6) is 0 Å². The lowest BCUT2D eigenvalue weighted by Crippen LogP contribution is -2.19. The van der Waals surface area contributed by atoms with Crippen LogP contribution in [0.1, 0.15) is 34.6 Å². The number of rotatable bonds is 4. The van der Waals surface area contributed by atoms with Gasteiger partial charge in [0.25, 0.3) is 0 Å². The molecule has 0 bridgehead atoms. The highest BCUT2D eigenvalue weighted by atomic mass is 16.6. The summed E-state index contributed by atoms with van der Waals surface area (Å²) in [5, 5.41) is 11.2. The Bertz CT molecular complexity index is 303. The maximum absolute atomic E-state index is 11.6. The first kappa shape index (κ1) is 14.6. The van der Waals surface area contributed by atoms with Gasteiger partial charge in [-0.1, -0.05) is 20.8 Å². The Morgan fingerprint density at radius 3 is 2.00 bits per heavy atom. The topological polar surface area (TPSA) is 55.4 Å². The molecule has 0 amide bonds. The van der Waals surface area contributed by atoms with Crippen LogP contribution in [0.2, 0.25) is 0 Å². The zero-order valence-corrected chi connectivity index (χ0v) is 10.5. The smallest absolute Gasteiger partial charge is 0.377 e. The number of hydrogen-bond donors (Lipinski definition) is 0. The number of hydrogen-bond acceptors (Lipinski definition) is 3. The van der Waals surface area contributed by atoms with Crippen molar-refractivity contribution in [2.45, 2.75) is 34.6 Å². The molecule has 0 aromatic carbocycles. The Labute approximate surface area is 96.6 Å². The molecule has 91 valence electrons. The standard InChI is InChI=1S/C12H19O4/c1-6-15-10(13)8-9(12(3,4)5)11(14)16-7-2/h6-7H2,1-5H3. The van der Waals surface area contributed by atoms with E-state index < -0.39 is 17.3 Å². The van der Waals surface area contributed by atoms with Crippen LogP contribution in [0, 0.1) is 5.41 Å². The van der Waals surface area contributed by atoms with Gasteiger partial charge < -0.3 is 9.47 Å². The van der Waals surface area contributed by atoms with Crippen molar-refractivity contribution in [2.24, 2.45) is 5.41 Å². The normalized spacial score (nSPS) is 10.3. The van der Waals surface area contributed by atoms with Gasteiger partial charge in [-0.15, -0.1) is 0 Å².